The predicted molar refractivity (Wildman–Crippen MR) is 106 cm³/mol. The smallest absolute Gasteiger partial charge is 0.309 e. The Kier molecular flexibility index (Phi) is 8.69. The molecule has 2 aliphatic rings. The van der Waals surface area contributed by atoms with Crippen LogP contribution in [-0.4, -0.2) is 74.7 Å². The molecule has 6 nitrogen and oxygen atoms in total. The normalized spacial score (nSPS) is 26.0. The van der Waals surface area contributed by atoms with E-state index in [4.69, 9.17) is 4.74 Å². The highest BCUT2D eigenvalue weighted by atomic mass is 16.5. The maximum Gasteiger partial charge on any atom is 0.309 e. The van der Waals surface area contributed by atoms with Crippen molar-refractivity contribution < 1.29 is 9.53 Å². The Morgan fingerprint density at radius 1 is 1.19 bits per heavy atom. The molecule has 0 radical (unpaired) electrons. The molecule has 2 fully saturated rings. The monoisotopic (exact) mass is 366 g/mol. The summed E-state index contributed by atoms with van der Waals surface area (Å²) in [6.07, 6.45) is 4.20. The number of guanidine groups is 1. The van der Waals surface area contributed by atoms with Gasteiger partial charge < -0.3 is 19.9 Å². The molecule has 0 aromatic heterocycles. The molecule has 6 heteroatoms. The van der Waals surface area contributed by atoms with E-state index in [1.165, 1.54) is 19.5 Å². The Labute approximate surface area is 159 Å². The van der Waals surface area contributed by atoms with E-state index in [0.717, 1.165) is 63.2 Å². The van der Waals surface area contributed by atoms with Crippen molar-refractivity contribution in [3.8, 4) is 0 Å². The number of piperidine rings is 2. The molecular formula is C20H38N4O2. The van der Waals surface area contributed by atoms with Crippen molar-refractivity contribution in [1.82, 2.24) is 15.1 Å². The lowest BCUT2D eigenvalue weighted by atomic mass is 9.92. The van der Waals surface area contributed by atoms with E-state index < -0.39 is 0 Å². The molecule has 26 heavy (non-hydrogen) atoms. The average molecular weight is 367 g/mol. The molecule has 0 bridgehead atoms. The number of nitrogens with one attached hydrogen (secondary N) is 1. The second-order valence-electron chi connectivity index (χ2n) is 8.05. The van der Waals surface area contributed by atoms with Crippen molar-refractivity contribution in [3.63, 3.8) is 0 Å². The Hall–Kier alpha value is -1.30. The fourth-order valence-electron chi connectivity index (χ4n) is 4.40. The van der Waals surface area contributed by atoms with Crippen molar-refractivity contribution >= 4 is 11.9 Å². The zero-order valence-corrected chi connectivity index (χ0v) is 17.2. The van der Waals surface area contributed by atoms with Crippen LogP contribution in [0.2, 0.25) is 0 Å². The van der Waals surface area contributed by atoms with Crippen molar-refractivity contribution in [2.24, 2.45) is 22.7 Å². The standard InChI is InChI=1S/C20H38N4O2/c1-5-26-19(25)18-7-11-24(12-8-18)20(21-4)22-9-6-10-23-14-16(2)13-17(3)15-23/h16-18H,5-15H2,1-4H3,(H,21,22). The van der Waals surface area contributed by atoms with E-state index in [-0.39, 0.29) is 11.9 Å². The van der Waals surface area contributed by atoms with E-state index in [1.54, 1.807) is 0 Å². The molecule has 2 aliphatic heterocycles. The summed E-state index contributed by atoms with van der Waals surface area (Å²) in [5.41, 5.74) is 0. The number of hydrogen-bond acceptors (Lipinski definition) is 4. The maximum absolute atomic E-state index is 11.9. The van der Waals surface area contributed by atoms with Gasteiger partial charge in [-0.25, -0.2) is 0 Å². The molecule has 1 N–H and O–H groups in total. The molecule has 2 rings (SSSR count). The number of rotatable bonds is 6. The third kappa shape index (κ3) is 6.45. The predicted octanol–water partition coefficient (Wildman–Crippen LogP) is 2.20. The van der Waals surface area contributed by atoms with Gasteiger partial charge in [-0.2, -0.15) is 0 Å². The van der Waals surface area contributed by atoms with Crippen molar-refractivity contribution in [2.75, 3.05) is 52.9 Å². The Balaban J connectivity index is 1.66. The number of carbonyl (C=O) groups is 1. The van der Waals surface area contributed by atoms with Crippen LogP contribution in [0.4, 0.5) is 0 Å². The summed E-state index contributed by atoms with van der Waals surface area (Å²) in [6, 6.07) is 0. The van der Waals surface area contributed by atoms with Crippen LogP contribution in [0.15, 0.2) is 4.99 Å². The lowest BCUT2D eigenvalue weighted by Gasteiger charge is -2.35. The van der Waals surface area contributed by atoms with Gasteiger partial charge in [0.25, 0.3) is 0 Å². The highest BCUT2D eigenvalue weighted by Crippen LogP contribution is 2.21. The van der Waals surface area contributed by atoms with Crippen LogP contribution in [0, 0.1) is 17.8 Å². The molecule has 0 saturated carbocycles. The van der Waals surface area contributed by atoms with Gasteiger partial charge in [0.05, 0.1) is 12.5 Å². The Morgan fingerprint density at radius 2 is 1.85 bits per heavy atom. The molecule has 2 atom stereocenters. The van der Waals surface area contributed by atoms with E-state index in [2.05, 4.69) is 34.0 Å². The SMILES string of the molecule is CCOC(=O)C1CCN(C(=NC)NCCCN2CC(C)CC(C)C2)CC1. The van der Waals surface area contributed by atoms with Crippen molar-refractivity contribution in [3.05, 3.63) is 0 Å². The second-order valence-corrected chi connectivity index (χ2v) is 8.05. The van der Waals surface area contributed by atoms with Gasteiger partial charge in [-0.05, 0) is 51.0 Å². The minimum absolute atomic E-state index is 0.0416. The fourth-order valence-corrected chi connectivity index (χ4v) is 4.40. The third-order valence-electron chi connectivity index (χ3n) is 5.50. The number of likely N-dealkylation sites (tertiary alicyclic amines) is 2. The summed E-state index contributed by atoms with van der Waals surface area (Å²) in [5, 5.41) is 3.50. The molecule has 0 aliphatic carbocycles. The maximum atomic E-state index is 11.9. The number of nitrogens with zero attached hydrogens (tertiary/aromatic N) is 3. The number of carbonyl (C=O) groups excluding carboxylic acids is 1. The molecule has 2 saturated heterocycles. The van der Waals surface area contributed by atoms with Crippen LogP contribution >= 0.6 is 0 Å². The van der Waals surface area contributed by atoms with Gasteiger partial charge in [0.2, 0.25) is 0 Å². The second kappa shape index (κ2) is 10.8. The number of ether oxygens (including phenoxy) is 1. The molecule has 0 aromatic rings. The van der Waals surface area contributed by atoms with Gasteiger partial charge >= 0.3 is 5.97 Å². The summed E-state index contributed by atoms with van der Waals surface area (Å²) in [5.74, 6) is 2.61. The number of hydrogen-bond donors (Lipinski definition) is 1. The van der Waals surface area contributed by atoms with Gasteiger partial charge in [0.1, 0.15) is 0 Å². The van der Waals surface area contributed by atoms with Gasteiger partial charge in [0, 0.05) is 39.8 Å². The first kappa shape index (κ1) is 21.0. The van der Waals surface area contributed by atoms with E-state index in [9.17, 15) is 4.79 Å². The quantitative estimate of drug-likeness (QED) is 0.338. The van der Waals surface area contributed by atoms with Crippen molar-refractivity contribution in [1.29, 1.82) is 0 Å². The molecule has 0 aromatic carbocycles. The van der Waals surface area contributed by atoms with Crippen molar-refractivity contribution in [2.45, 2.75) is 46.5 Å². The molecule has 0 spiro atoms. The van der Waals surface area contributed by atoms with Crippen LogP contribution in [0.3, 0.4) is 0 Å². The topological polar surface area (TPSA) is 57.2 Å². The largest absolute Gasteiger partial charge is 0.466 e. The highest BCUT2D eigenvalue weighted by molar-refractivity contribution is 5.80. The summed E-state index contributed by atoms with van der Waals surface area (Å²) in [4.78, 5) is 21.2. The van der Waals surface area contributed by atoms with E-state index in [1.807, 2.05) is 14.0 Å². The number of aliphatic imine (C=N–C) groups is 1. The minimum Gasteiger partial charge on any atom is -0.466 e. The first-order valence-electron chi connectivity index (χ1n) is 10.4. The van der Waals surface area contributed by atoms with Gasteiger partial charge in [-0.1, -0.05) is 13.8 Å². The summed E-state index contributed by atoms with van der Waals surface area (Å²) >= 11 is 0. The van der Waals surface area contributed by atoms with Crippen LogP contribution < -0.4 is 5.32 Å². The first-order chi connectivity index (χ1) is 12.5. The zero-order valence-electron chi connectivity index (χ0n) is 17.2. The van der Waals surface area contributed by atoms with Gasteiger partial charge in [-0.3, -0.25) is 9.79 Å². The molecular weight excluding hydrogens is 328 g/mol. The number of esters is 1. The fraction of sp³-hybridized carbons (Fsp3) is 0.900. The van der Waals surface area contributed by atoms with Crippen LogP contribution in [-0.2, 0) is 9.53 Å². The van der Waals surface area contributed by atoms with Gasteiger partial charge in [0.15, 0.2) is 5.96 Å². The lowest BCUT2D eigenvalue weighted by Crippen LogP contribution is -2.47. The van der Waals surface area contributed by atoms with Gasteiger partial charge in [-0.15, -0.1) is 0 Å². The van der Waals surface area contributed by atoms with Crippen LogP contribution in [0.1, 0.15) is 46.5 Å². The van der Waals surface area contributed by atoms with E-state index >= 15 is 0 Å². The summed E-state index contributed by atoms with van der Waals surface area (Å²) < 4.78 is 5.15. The van der Waals surface area contributed by atoms with Crippen LogP contribution in [0.5, 0.6) is 0 Å². The average Bonchev–Trinajstić information content (AvgIpc) is 2.61. The summed E-state index contributed by atoms with van der Waals surface area (Å²) in [7, 11) is 1.84. The Morgan fingerprint density at radius 3 is 2.42 bits per heavy atom. The summed E-state index contributed by atoms with van der Waals surface area (Å²) in [6.45, 7) is 13.4. The minimum atomic E-state index is -0.0416. The zero-order chi connectivity index (χ0) is 18.9. The first-order valence-corrected chi connectivity index (χ1v) is 10.4. The Bertz CT molecular complexity index is 451. The highest BCUT2D eigenvalue weighted by Gasteiger charge is 2.27. The third-order valence-corrected chi connectivity index (χ3v) is 5.50. The molecule has 2 unspecified atom stereocenters. The molecule has 0 amide bonds. The van der Waals surface area contributed by atoms with E-state index in [0.29, 0.717) is 6.61 Å². The molecule has 2 heterocycles. The van der Waals surface area contributed by atoms with Crippen LogP contribution in [0.25, 0.3) is 0 Å². The molecule has 150 valence electrons. The lowest BCUT2D eigenvalue weighted by molar-refractivity contribution is -0.149.